The zero-order valence-corrected chi connectivity index (χ0v) is 10.2. The smallest absolute Gasteiger partial charge is 0.304 e. The standard InChI is InChI=1S/C13H17FO3/c1-8(14)10-6-9(4-5-11(10)15)13(2,3)7-12(16)17/h4-6,8,15H,7H2,1-3H3,(H,16,17). The predicted octanol–water partition coefficient (Wildman–Crippen LogP) is 3.18. The SMILES string of the molecule is CC(F)c1cc(C(C)(C)CC(=O)O)ccc1O. The van der Waals surface area contributed by atoms with Gasteiger partial charge in [-0.3, -0.25) is 4.79 Å². The normalized spacial score (nSPS) is 13.4. The molecule has 3 nitrogen and oxygen atoms in total. The molecule has 0 aromatic heterocycles. The van der Waals surface area contributed by atoms with Crippen LogP contribution in [-0.2, 0) is 10.2 Å². The van der Waals surface area contributed by atoms with Gasteiger partial charge in [-0.2, -0.15) is 0 Å². The third kappa shape index (κ3) is 3.19. The minimum Gasteiger partial charge on any atom is -0.508 e. The number of rotatable bonds is 4. The van der Waals surface area contributed by atoms with E-state index in [0.29, 0.717) is 5.56 Å². The van der Waals surface area contributed by atoms with Gasteiger partial charge < -0.3 is 10.2 Å². The van der Waals surface area contributed by atoms with Gasteiger partial charge in [0.1, 0.15) is 11.9 Å². The summed E-state index contributed by atoms with van der Waals surface area (Å²) in [6.45, 7) is 4.89. The Kier molecular flexibility index (Phi) is 3.76. The molecule has 0 aliphatic rings. The number of phenols is 1. The molecule has 0 aliphatic carbocycles. The molecule has 2 N–H and O–H groups in total. The van der Waals surface area contributed by atoms with Crippen LogP contribution in [-0.4, -0.2) is 16.2 Å². The molecule has 0 heterocycles. The Labute approximate surface area is 99.9 Å². The summed E-state index contributed by atoms with van der Waals surface area (Å²) in [6, 6.07) is 4.57. The molecule has 0 aliphatic heterocycles. The summed E-state index contributed by atoms with van der Waals surface area (Å²) < 4.78 is 13.2. The molecule has 0 amide bonds. The lowest BCUT2D eigenvalue weighted by atomic mass is 9.80. The van der Waals surface area contributed by atoms with Crippen molar-refractivity contribution in [3.8, 4) is 5.75 Å². The molecule has 0 saturated heterocycles. The van der Waals surface area contributed by atoms with E-state index in [1.165, 1.54) is 19.1 Å². The molecule has 1 unspecified atom stereocenters. The second-order valence-electron chi connectivity index (χ2n) is 4.84. The summed E-state index contributed by atoms with van der Waals surface area (Å²) >= 11 is 0. The molecule has 4 heteroatoms. The lowest BCUT2D eigenvalue weighted by Crippen LogP contribution is -2.21. The molecule has 94 valence electrons. The molecule has 1 rings (SSSR count). The van der Waals surface area contributed by atoms with E-state index in [2.05, 4.69) is 0 Å². The number of carboxylic acids is 1. The van der Waals surface area contributed by atoms with Crippen molar-refractivity contribution >= 4 is 5.97 Å². The molecule has 17 heavy (non-hydrogen) atoms. The van der Waals surface area contributed by atoms with Crippen LogP contribution in [0.15, 0.2) is 18.2 Å². The van der Waals surface area contributed by atoms with Crippen molar-refractivity contribution in [2.45, 2.75) is 38.8 Å². The molecule has 1 aromatic rings. The first-order valence-corrected chi connectivity index (χ1v) is 5.43. The number of halogens is 1. The number of hydrogen-bond donors (Lipinski definition) is 2. The van der Waals surface area contributed by atoms with Gasteiger partial charge in [0.2, 0.25) is 0 Å². The van der Waals surface area contributed by atoms with Gasteiger partial charge in [-0.1, -0.05) is 19.9 Å². The van der Waals surface area contributed by atoms with Gasteiger partial charge in [-0.25, -0.2) is 4.39 Å². The third-order valence-electron chi connectivity index (χ3n) is 2.83. The fraction of sp³-hybridized carbons (Fsp3) is 0.462. The minimum atomic E-state index is -1.28. The molecule has 1 atom stereocenters. The number of phenolic OH excluding ortho intramolecular Hbond substituents is 1. The molecule has 0 radical (unpaired) electrons. The summed E-state index contributed by atoms with van der Waals surface area (Å²) in [5.41, 5.74) is 0.307. The zero-order valence-electron chi connectivity index (χ0n) is 10.2. The van der Waals surface area contributed by atoms with Gasteiger partial charge in [0.15, 0.2) is 0 Å². The quantitative estimate of drug-likeness (QED) is 0.849. The highest BCUT2D eigenvalue weighted by Crippen LogP contribution is 2.33. The van der Waals surface area contributed by atoms with Crippen molar-refractivity contribution in [3.63, 3.8) is 0 Å². The second-order valence-corrected chi connectivity index (χ2v) is 4.84. The average Bonchev–Trinajstić information content (AvgIpc) is 2.15. The van der Waals surface area contributed by atoms with E-state index in [4.69, 9.17) is 5.11 Å². The van der Waals surface area contributed by atoms with Crippen LogP contribution >= 0.6 is 0 Å². The maximum Gasteiger partial charge on any atom is 0.304 e. The Morgan fingerprint density at radius 2 is 2.06 bits per heavy atom. The van der Waals surface area contributed by atoms with Crippen LogP contribution in [0.2, 0.25) is 0 Å². The van der Waals surface area contributed by atoms with E-state index >= 15 is 0 Å². The van der Waals surface area contributed by atoms with Crippen LogP contribution in [0.3, 0.4) is 0 Å². The van der Waals surface area contributed by atoms with Crippen molar-refractivity contribution in [3.05, 3.63) is 29.3 Å². The molecule has 0 bridgehead atoms. The predicted molar refractivity (Wildman–Crippen MR) is 62.9 cm³/mol. The Morgan fingerprint density at radius 3 is 2.53 bits per heavy atom. The highest BCUT2D eigenvalue weighted by atomic mass is 19.1. The molecular formula is C13H17FO3. The molecule has 0 saturated carbocycles. The van der Waals surface area contributed by atoms with Gasteiger partial charge in [0.05, 0.1) is 6.42 Å². The number of carbonyl (C=O) groups is 1. The van der Waals surface area contributed by atoms with Gasteiger partial charge in [0, 0.05) is 11.0 Å². The van der Waals surface area contributed by atoms with E-state index < -0.39 is 17.6 Å². The van der Waals surface area contributed by atoms with Gasteiger partial charge in [-0.05, 0) is 24.6 Å². The molecule has 0 spiro atoms. The molecular weight excluding hydrogens is 223 g/mol. The third-order valence-corrected chi connectivity index (χ3v) is 2.83. The summed E-state index contributed by atoms with van der Waals surface area (Å²) in [6.07, 6.45) is -1.33. The first-order chi connectivity index (χ1) is 7.74. The van der Waals surface area contributed by atoms with Crippen LogP contribution in [0.1, 0.15) is 44.5 Å². The summed E-state index contributed by atoms with van der Waals surface area (Å²) in [4.78, 5) is 10.8. The highest BCUT2D eigenvalue weighted by molar-refractivity contribution is 5.69. The number of hydrogen-bond acceptors (Lipinski definition) is 2. The first-order valence-electron chi connectivity index (χ1n) is 5.43. The molecule has 0 fully saturated rings. The van der Waals surface area contributed by atoms with Crippen LogP contribution in [0.25, 0.3) is 0 Å². The van der Waals surface area contributed by atoms with Crippen molar-refractivity contribution in [1.82, 2.24) is 0 Å². The minimum absolute atomic E-state index is 0.0438. The van der Waals surface area contributed by atoms with Gasteiger partial charge in [-0.15, -0.1) is 0 Å². The van der Waals surface area contributed by atoms with E-state index in [0.717, 1.165) is 0 Å². The Balaban J connectivity index is 3.15. The van der Waals surface area contributed by atoms with E-state index in [1.54, 1.807) is 19.9 Å². The average molecular weight is 240 g/mol. The summed E-state index contributed by atoms with van der Waals surface area (Å²) in [5.74, 6) is -1.01. The topological polar surface area (TPSA) is 57.5 Å². The van der Waals surface area contributed by atoms with E-state index in [9.17, 15) is 14.3 Å². The summed E-state index contributed by atoms with van der Waals surface area (Å²) in [5, 5.41) is 18.3. The molecule has 1 aromatic carbocycles. The van der Waals surface area contributed by atoms with E-state index in [1.807, 2.05) is 0 Å². The van der Waals surface area contributed by atoms with Crippen molar-refractivity contribution in [2.75, 3.05) is 0 Å². The number of aromatic hydroxyl groups is 1. The maximum atomic E-state index is 13.2. The van der Waals surface area contributed by atoms with Gasteiger partial charge in [0.25, 0.3) is 0 Å². The number of aliphatic carboxylic acids is 1. The van der Waals surface area contributed by atoms with Crippen LogP contribution < -0.4 is 0 Å². The fourth-order valence-corrected chi connectivity index (χ4v) is 1.77. The first kappa shape index (κ1) is 13.5. The monoisotopic (exact) mass is 240 g/mol. The number of benzene rings is 1. The summed E-state index contributed by atoms with van der Waals surface area (Å²) in [7, 11) is 0. The van der Waals surface area contributed by atoms with Crippen molar-refractivity contribution < 1.29 is 19.4 Å². The van der Waals surface area contributed by atoms with Crippen molar-refractivity contribution in [1.29, 1.82) is 0 Å². The Morgan fingerprint density at radius 1 is 1.47 bits per heavy atom. The van der Waals surface area contributed by atoms with E-state index in [-0.39, 0.29) is 17.7 Å². The lowest BCUT2D eigenvalue weighted by Gasteiger charge is -2.24. The second kappa shape index (κ2) is 4.73. The van der Waals surface area contributed by atoms with Crippen LogP contribution in [0.4, 0.5) is 4.39 Å². The number of carboxylic acid groups (broad SMARTS) is 1. The van der Waals surface area contributed by atoms with Crippen molar-refractivity contribution in [2.24, 2.45) is 0 Å². The zero-order chi connectivity index (χ0) is 13.2. The Bertz CT molecular complexity index is 425. The number of alkyl halides is 1. The fourth-order valence-electron chi connectivity index (χ4n) is 1.77. The van der Waals surface area contributed by atoms with Crippen LogP contribution in [0, 0.1) is 0 Å². The van der Waals surface area contributed by atoms with Crippen LogP contribution in [0.5, 0.6) is 5.75 Å². The largest absolute Gasteiger partial charge is 0.508 e. The Hall–Kier alpha value is -1.58. The maximum absolute atomic E-state index is 13.2. The highest BCUT2D eigenvalue weighted by Gasteiger charge is 2.25. The lowest BCUT2D eigenvalue weighted by molar-refractivity contribution is -0.138. The van der Waals surface area contributed by atoms with Gasteiger partial charge >= 0.3 is 5.97 Å².